The highest BCUT2D eigenvalue weighted by Crippen LogP contribution is 2.24. The molecule has 24 heavy (non-hydrogen) atoms. The number of carbonyl (C=O) groups excluding carboxylic acids is 1. The number of amides is 1. The quantitative estimate of drug-likeness (QED) is 0.673. The summed E-state index contributed by atoms with van der Waals surface area (Å²) in [6.45, 7) is 5.49. The highest BCUT2D eigenvalue weighted by molar-refractivity contribution is 6.05. The summed E-state index contributed by atoms with van der Waals surface area (Å²) in [5, 5.41) is 6.15. The number of hydrogen-bond acceptors (Lipinski definition) is 4. The zero-order valence-electron chi connectivity index (χ0n) is 14.3. The lowest BCUT2D eigenvalue weighted by Gasteiger charge is -2.12. The number of rotatable bonds is 9. The van der Waals surface area contributed by atoms with Crippen molar-refractivity contribution in [3.8, 4) is 5.75 Å². The van der Waals surface area contributed by atoms with Crippen molar-refractivity contribution in [1.82, 2.24) is 4.98 Å². The smallest absolute Gasteiger partial charge is 0.255 e. The number of pyridine rings is 1. The molecule has 0 aliphatic heterocycles. The van der Waals surface area contributed by atoms with Gasteiger partial charge in [-0.25, -0.2) is 4.98 Å². The molecule has 0 aliphatic carbocycles. The molecule has 2 N–H and O–H groups in total. The Hall–Kier alpha value is -2.56. The lowest BCUT2D eigenvalue weighted by molar-refractivity contribution is 0.102. The summed E-state index contributed by atoms with van der Waals surface area (Å²) in [6, 6.07) is 10.9. The van der Waals surface area contributed by atoms with E-state index in [4.69, 9.17) is 4.74 Å². The van der Waals surface area contributed by atoms with Gasteiger partial charge in [-0.1, -0.05) is 31.9 Å². The lowest BCUT2D eigenvalue weighted by Crippen LogP contribution is -2.14. The molecule has 0 bridgehead atoms. The van der Waals surface area contributed by atoms with Gasteiger partial charge in [0.05, 0.1) is 12.3 Å². The lowest BCUT2D eigenvalue weighted by atomic mass is 10.2. The monoisotopic (exact) mass is 327 g/mol. The van der Waals surface area contributed by atoms with Crippen LogP contribution in [0.2, 0.25) is 0 Å². The first-order valence-corrected chi connectivity index (χ1v) is 8.47. The molecule has 0 unspecified atom stereocenters. The van der Waals surface area contributed by atoms with Crippen LogP contribution >= 0.6 is 0 Å². The van der Waals surface area contributed by atoms with Crippen LogP contribution in [0, 0.1) is 0 Å². The van der Waals surface area contributed by atoms with Gasteiger partial charge in [0.25, 0.3) is 5.91 Å². The van der Waals surface area contributed by atoms with E-state index in [1.807, 2.05) is 31.2 Å². The number of benzene rings is 1. The van der Waals surface area contributed by atoms with Crippen molar-refractivity contribution in [2.45, 2.75) is 33.1 Å². The van der Waals surface area contributed by atoms with Gasteiger partial charge in [0.1, 0.15) is 11.6 Å². The summed E-state index contributed by atoms with van der Waals surface area (Å²) in [5.74, 6) is 1.21. The molecule has 5 nitrogen and oxygen atoms in total. The van der Waals surface area contributed by atoms with E-state index in [1.165, 1.54) is 12.8 Å². The van der Waals surface area contributed by atoms with Gasteiger partial charge in [0.15, 0.2) is 0 Å². The Morgan fingerprint density at radius 2 is 2.00 bits per heavy atom. The molecule has 5 heteroatoms. The maximum atomic E-state index is 12.5. The van der Waals surface area contributed by atoms with Gasteiger partial charge >= 0.3 is 0 Å². The molecule has 1 amide bonds. The Labute approximate surface area is 143 Å². The van der Waals surface area contributed by atoms with Crippen LogP contribution in [-0.4, -0.2) is 24.0 Å². The van der Waals surface area contributed by atoms with Crippen molar-refractivity contribution >= 4 is 17.4 Å². The normalized spacial score (nSPS) is 10.2. The first-order valence-electron chi connectivity index (χ1n) is 8.47. The van der Waals surface area contributed by atoms with Crippen LogP contribution in [0.3, 0.4) is 0 Å². The second-order valence-electron chi connectivity index (χ2n) is 5.45. The van der Waals surface area contributed by atoms with Gasteiger partial charge < -0.3 is 15.4 Å². The van der Waals surface area contributed by atoms with E-state index in [9.17, 15) is 4.79 Å². The molecule has 128 valence electrons. The third kappa shape index (κ3) is 5.26. The van der Waals surface area contributed by atoms with Crippen LogP contribution in [0.4, 0.5) is 11.5 Å². The molecule has 0 radical (unpaired) electrons. The third-order valence-electron chi connectivity index (χ3n) is 3.54. The minimum Gasteiger partial charge on any atom is -0.492 e. The summed E-state index contributed by atoms with van der Waals surface area (Å²) in [4.78, 5) is 16.7. The number of ether oxygens (including phenoxy) is 1. The highest BCUT2D eigenvalue weighted by atomic mass is 16.5. The van der Waals surface area contributed by atoms with Gasteiger partial charge in [0.2, 0.25) is 0 Å². The van der Waals surface area contributed by atoms with Crippen molar-refractivity contribution in [3.63, 3.8) is 0 Å². The fourth-order valence-corrected chi connectivity index (χ4v) is 2.31. The van der Waals surface area contributed by atoms with Crippen molar-refractivity contribution in [2.24, 2.45) is 0 Å². The summed E-state index contributed by atoms with van der Waals surface area (Å²) in [5.41, 5.74) is 1.23. The van der Waals surface area contributed by atoms with Crippen molar-refractivity contribution in [1.29, 1.82) is 0 Å². The van der Waals surface area contributed by atoms with E-state index >= 15 is 0 Å². The predicted octanol–water partition coefficient (Wildman–Crippen LogP) is 4.33. The summed E-state index contributed by atoms with van der Waals surface area (Å²) >= 11 is 0. The number of carbonyl (C=O) groups is 1. The standard InChI is InChI=1S/C19H25N3O2/c1-3-5-8-12-20-18-14-15(11-13-21-18)19(23)22-16-9-6-7-10-17(16)24-4-2/h6-7,9-11,13-14H,3-5,8,12H2,1-2H3,(H,20,21)(H,22,23). The number of unbranched alkanes of at least 4 members (excludes halogenated alkanes) is 2. The van der Waals surface area contributed by atoms with E-state index in [-0.39, 0.29) is 5.91 Å². The number of anilines is 2. The minimum absolute atomic E-state index is 0.179. The van der Waals surface area contributed by atoms with E-state index in [1.54, 1.807) is 18.3 Å². The molecule has 2 rings (SSSR count). The van der Waals surface area contributed by atoms with Gasteiger partial charge in [-0.15, -0.1) is 0 Å². The van der Waals surface area contributed by atoms with Crippen LogP contribution < -0.4 is 15.4 Å². The molecule has 2 aromatic rings. The molecule has 1 aromatic carbocycles. The zero-order valence-corrected chi connectivity index (χ0v) is 14.3. The highest BCUT2D eigenvalue weighted by Gasteiger charge is 2.10. The number of aromatic nitrogens is 1. The summed E-state index contributed by atoms with van der Waals surface area (Å²) in [6.07, 6.45) is 5.10. The maximum Gasteiger partial charge on any atom is 0.255 e. The van der Waals surface area contributed by atoms with Crippen molar-refractivity contribution in [3.05, 3.63) is 48.2 Å². The molecule has 1 heterocycles. The SMILES string of the molecule is CCCCCNc1cc(C(=O)Nc2ccccc2OCC)ccn1. The molecule has 1 aromatic heterocycles. The number of para-hydroxylation sites is 2. The zero-order chi connectivity index (χ0) is 17.2. The van der Waals surface area contributed by atoms with Gasteiger partial charge in [-0.2, -0.15) is 0 Å². The molecule has 0 spiro atoms. The molecule has 0 aliphatic rings. The van der Waals surface area contributed by atoms with Crippen LogP contribution in [0.5, 0.6) is 5.75 Å². The van der Waals surface area contributed by atoms with Crippen molar-refractivity contribution < 1.29 is 9.53 Å². The first kappa shape index (κ1) is 17.8. The number of hydrogen-bond donors (Lipinski definition) is 2. The molecule has 0 saturated heterocycles. The minimum atomic E-state index is -0.179. The Bertz CT molecular complexity index is 659. The van der Waals surface area contributed by atoms with Crippen molar-refractivity contribution in [2.75, 3.05) is 23.8 Å². The Balaban J connectivity index is 2.02. The largest absolute Gasteiger partial charge is 0.492 e. The van der Waals surface area contributed by atoms with Crippen LogP contribution in [-0.2, 0) is 0 Å². The Morgan fingerprint density at radius 1 is 1.17 bits per heavy atom. The van der Waals surface area contributed by atoms with Gasteiger partial charge in [-0.3, -0.25) is 4.79 Å². The fourth-order valence-electron chi connectivity index (χ4n) is 2.31. The second-order valence-corrected chi connectivity index (χ2v) is 5.45. The number of nitrogens with zero attached hydrogens (tertiary/aromatic N) is 1. The topological polar surface area (TPSA) is 63.2 Å². The van der Waals surface area contributed by atoms with Crippen LogP contribution in [0.1, 0.15) is 43.5 Å². The molecule has 0 atom stereocenters. The predicted molar refractivity (Wildman–Crippen MR) is 97.8 cm³/mol. The fraction of sp³-hybridized carbons (Fsp3) is 0.368. The maximum absolute atomic E-state index is 12.5. The average Bonchev–Trinajstić information content (AvgIpc) is 2.61. The van der Waals surface area contributed by atoms with E-state index in [0.717, 1.165) is 18.8 Å². The Kier molecular flexibility index (Phi) is 7.08. The first-order chi connectivity index (χ1) is 11.7. The van der Waals surface area contributed by atoms with Crippen LogP contribution in [0.25, 0.3) is 0 Å². The van der Waals surface area contributed by atoms with E-state index in [0.29, 0.717) is 23.6 Å². The van der Waals surface area contributed by atoms with E-state index in [2.05, 4.69) is 22.5 Å². The Morgan fingerprint density at radius 3 is 2.79 bits per heavy atom. The summed E-state index contributed by atoms with van der Waals surface area (Å²) < 4.78 is 5.53. The molecular weight excluding hydrogens is 302 g/mol. The average molecular weight is 327 g/mol. The molecular formula is C19H25N3O2. The van der Waals surface area contributed by atoms with Gasteiger partial charge in [-0.05, 0) is 37.6 Å². The number of nitrogens with one attached hydrogen (secondary N) is 2. The summed E-state index contributed by atoms with van der Waals surface area (Å²) in [7, 11) is 0. The third-order valence-corrected chi connectivity index (χ3v) is 3.54. The molecule has 0 saturated carbocycles. The van der Waals surface area contributed by atoms with Gasteiger partial charge in [0, 0.05) is 18.3 Å². The van der Waals surface area contributed by atoms with Crippen LogP contribution in [0.15, 0.2) is 42.6 Å². The second kappa shape index (κ2) is 9.55. The molecule has 0 fully saturated rings. The van der Waals surface area contributed by atoms with E-state index < -0.39 is 0 Å².